The van der Waals surface area contributed by atoms with Crippen molar-refractivity contribution in [3.63, 3.8) is 0 Å². The van der Waals surface area contributed by atoms with Crippen LogP contribution in [0, 0.1) is 339 Å². The third-order valence-corrected chi connectivity index (χ3v) is 14.4. The number of hydrogen-bond donors (Lipinski definition) is 0. The molecule has 0 bridgehead atoms. The van der Waals surface area contributed by atoms with Crippen molar-refractivity contribution >= 4 is 0 Å². The van der Waals surface area contributed by atoms with Gasteiger partial charge in [0.05, 0.1) is 121 Å². The number of hydrogen-bond acceptors (Lipinski definition) is 20. The van der Waals surface area contributed by atoms with Crippen LogP contribution in [0.2, 0.25) is 0 Å². The van der Waals surface area contributed by atoms with Crippen molar-refractivity contribution in [1.29, 1.82) is 105 Å². The molecule has 20 heteroatoms. The molecular formula is C60H62N20. The minimum atomic E-state index is -0.872. The van der Waals surface area contributed by atoms with Gasteiger partial charge in [-0.15, -0.1) is 0 Å². The number of rotatable bonds is 38. The Labute approximate surface area is 472 Å². The lowest BCUT2D eigenvalue weighted by molar-refractivity contribution is 0.317. The summed E-state index contributed by atoms with van der Waals surface area (Å²) in [5, 5.41) is 197. The van der Waals surface area contributed by atoms with Crippen molar-refractivity contribution in [3.8, 4) is 121 Å². The molecule has 19 atom stereocenters. The fourth-order valence-electron chi connectivity index (χ4n) is 10.2. The Kier molecular flexibility index (Phi) is 36.6. The van der Waals surface area contributed by atoms with Crippen molar-refractivity contribution in [2.45, 2.75) is 135 Å². The van der Waals surface area contributed by atoms with E-state index in [1.807, 2.05) is 6.07 Å². The molecule has 0 radical (unpaired) electrons. The maximum atomic E-state index is 10.1. The van der Waals surface area contributed by atoms with E-state index < -0.39 is 112 Å². The molecule has 402 valence electrons. The van der Waals surface area contributed by atoms with Crippen LogP contribution in [0.3, 0.4) is 0 Å². The Hall–Kier alpha value is -10.2. The molecule has 80 heavy (non-hydrogen) atoms. The SMILES string of the molecule is CC(C#N)CC(C#N)CC(C#N)CC(C#N)CC(C#N)CC(C#N)CC(C#N)CC(C#N)CC(C#N)CC(C#N)CC(C#N)CC(C#N)CC(C#N)CC(C#N)CC(C#N)CC(C#N)CC(C#N)CC(C#N)CC(C#N)CCC#N. The van der Waals surface area contributed by atoms with E-state index in [4.69, 9.17) is 10.5 Å². The summed E-state index contributed by atoms with van der Waals surface area (Å²) >= 11 is 0. The third kappa shape index (κ3) is 28.1. The molecule has 0 N–H and O–H groups in total. The topological polar surface area (TPSA) is 476 Å². The highest BCUT2D eigenvalue weighted by molar-refractivity contribution is 5.06. The molecule has 0 fully saturated rings. The summed E-state index contributed by atoms with van der Waals surface area (Å²) in [4.78, 5) is 0. The molecule has 0 spiro atoms. The lowest BCUT2D eigenvalue weighted by atomic mass is 9.77. The van der Waals surface area contributed by atoms with Gasteiger partial charge in [0, 0.05) is 119 Å². The van der Waals surface area contributed by atoms with E-state index in [9.17, 15) is 94.7 Å². The van der Waals surface area contributed by atoms with Gasteiger partial charge in [0.15, 0.2) is 0 Å². The van der Waals surface area contributed by atoms with Gasteiger partial charge in [-0.25, -0.2) is 0 Å². The first-order valence-electron chi connectivity index (χ1n) is 26.5. The molecule has 0 rings (SSSR count). The average molecular weight is 1060 g/mol. The highest BCUT2D eigenvalue weighted by atomic mass is 14.4. The van der Waals surface area contributed by atoms with Gasteiger partial charge < -0.3 is 0 Å². The molecule has 0 aromatic rings. The predicted molar refractivity (Wildman–Crippen MR) is 277 cm³/mol. The first kappa shape index (κ1) is 69.8. The van der Waals surface area contributed by atoms with Gasteiger partial charge >= 0.3 is 0 Å². The monoisotopic (exact) mass is 1060 g/mol. The van der Waals surface area contributed by atoms with Gasteiger partial charge in [-0.3, -0.25) is 0 Å². The zero-order valence-corrected chi connectivity index (χ0v) is 45.1. The molecular weight excluding hydrogens is 1000 g/mol. The lowest BCUT2D eigenvalue weighted by Crippen LogP contribution is -2.19. The lowest BCUT2D eigenvalue weighted by Gasteiger charge is -2.22. The molecule has 0 aromatic heterocycles. The Morgan fingerprint density at radius 2 is 0.300 bits per heavy atom. The van der Waals surface area contributed by atoms with E-state index >= 15 is 0 Å². The minimum Gasteiger partial charge on any atom is -0.198 e. The average Bonchev–Trinajstić information content (AvgIpc) is 3.48. The number of nitriles is 20. The standard InChI is InChI=1S/C60H62N20/c1-42(23-62)5-44(25-64)7-46(27-66)9-48(29-68)11-50(31-70)13-52(33-72)15-54(35-74)17-56(37-76)19-58(39-78)21-60(41-80)22-59(40-79)20-57(38-77)18-55(36-75)16-53(34-73)14-51(32-71)12-49(30-69)10-47(28-67)8-45(26-65)6-43(24-63)3-2-4-61/h42-60H,2-3,5-22H2,1H3. The molecule has 0 aliphatic rings. The van der Waals surface area contributed by atoms with E-state index in [0.29, 0.717) is 0 Å². The summed E-state index contributed by atoms with van der Waals surface area (Å²) in [5.74, 6) is -14.5. The van der Waals surface area contributed by atoms with E-state index in [2.05, 4.69) is 115 Å². The van der Waals surface area contributed by atoms with Crippen molar-refractivity contribution in [3.05, 3.63) is 0 Å². The maximum absolute atomic E-state index is 10.1. The van der Waals surface area contributed by atoms with Crippen molar-refractivity contribution in [2.24, 2.45) is 112 Å². The van der Waals surface area contributed by atoms with Crippen LogP contribution in [0.15, 0.2) is 0 Å². The van der Waals surface area contributed by atoms with Crippen LogP contribution in [0.1, 0.15) is 135 Å². The second kappa shape index (κ2) is 42.0. The predicted octanol–water partition coefficient (Wildman–Crippen LogP) is 11.0. The summed E-state index contributed by atoms with van der Waals surface area (Å²) < 4.78 is 0. The molecule has 20 nitrogen and oxygen atoms in total. The van der Waals surface area contributed by atoms with Gasteiger partial charge in [-0.1, -0.05) is 0 Å². The normalized spacial score (nSPS) is 17.1. The molecule has 0 aromatic carbocycles. The van der Waals surface area contributed by atoms with E-state index in [1.54, 1.807) is 6.92 Å². The maximum Gasteiger partial charge on any atom is 0.0656 e. The van der Waals surface area contributed by atoms with Crippen LogP contribution in [0.4, 0.5) is 0 Å². The Morgan fingerprint density at radius 1 is 0.175 bits per heavy atom. The van der Waals surface area contributed by atoms with E-state index in [-0.39, 0.29) is 128 Å². The molecule has 0 saturated carbocycles. The molecule has 19 unspecified atom stereocenters. The second-order valence-corrected chi connectivity index (χ2v) is 20.8. The highest BCUT2D eigenvalue weighted by Crippen LogP contribution is 2.36. The van der Waals surface area contributed by atoms with Gasteiger partial charge in [0.25, 0.3) is 0 Å². The Balaban J connectivity index is 5.71. The van der Waals surface area contributed by atoms with Gasteiger partial charge in [-0.05, 0) is 129 Å². The minimum absolute atomic E-state index is 0.00211. The smallest absolute Gasteiger partial charge is 0.0656 e. The van der Waals surface area contributed by atoms with Crippen molar-refractivity contribution in [1.82, 2.24) is 0 Å². The molecule has 0 aliphatic heterocycles. The zero-order chi connectivity index (χ0) is 60.3. The summed E-state index contributed by atoms with van der Waals surface area (Å²) in [6.07, 6.45) is 0.909. The van der Waals surface area contributed by atoms with Crippen molar-refractivity contribution < 1.29 is 0 Å². The van der Waals surface area contributed by atoms with Crippen LogP contribution in [-0.2, 0) is 0 Å². The second-order valence-electron chi connectivity index (χ2n) is 20.8. The van der Waals surface area contributed by atoms with Crippen LogP contribution in [0.25, 0.3) is 0 Å². The summed E-state index contributed by atoms with van der Waals surface area (Å²) in [6, 6.07) is 42.1. The van der Waals surface area contributed by atoms with Crippen LogP contribution in [-0.4, -0.2) is 0 Å². The van der Waals surface area contributed by atoms with Crippen LogP contribution >= 0.6 is 0 Å². The summed E-state index contributed by atoms with van der Waals surface area (Å²) in [5.41, 5.74) is 0. The van der Waals surface area contributed by atoms with E-state index in [0.717, 1.165) is 0 Å². The van der Waals surface area contributed by atoms with Crippen LogP contribution < -0.4 is 0 Å². The summed E-state index contributed by atoms with van der Waals surface area (Å²) in [7, 11) is 0. The van der Waals surface area contributed by atoms with Gasteiger partial charge in [0.1, 0.15) is 0 Å². The highest BCUT2D eigenvalue weighted by Gasteiger charge is 2.32. The fourth-order valence-corrected chi connectivity index (χ4v) is 10.2. The quantitative estimate of drug-likeness (QED) is 0.0554. The zero-order valence-electron chi connectivity index (χ0n) is 45.1. The first-order valence-corrected chi connectivity index (χ1v) is 26.5. The summed E-state index contributed by atoms with van der Waals surface area (Å²) in [6.45, 7) is 1.67. The molecule has 0 saturated heterocycles. The van der Waals surface area contributed by atoms with Crippen LogP contribution in [0.5, 0.6) is 0 Å². The number of nitrogens with zero attached hydrogens (tertiary/aromatic N) is 20. The van der Waals surface area contributed by atoms with Gasteiger partial charge in [-0.2, -0.15) is 105 Å². The Morgan fingerprint density at radius 3 is 0.412 bits per heavy atom. The van der Waals surface area contributed by atoms with E-state index in [1.165, 1.54) is 0 Å². The molecule has 0 amide bonds. The molecule has 0 aliphatic carbocycles. The van der Waals surface area contributed by atoms with Gasteiger partial charge in [0.2, 0.25) is 0 Å². The Bertz CT molecular complexity index is 2880. The van der Waals surface area contributed by atoms with Crippen molar-refractivity contribution in [2.75, 3.05) is 0 Å². The molecule has 0 heterocycles. The largest absolute Gasteiger partial charge is 0.198 e. The first-order chi connectivity index (χ1) is 38.6. The fraction of sp³-hybridized carbons (Fsp3) is 0.667. The third-order valence-electron chi connectivity index (χ3n) is 14.4.